The molecule has 1 aliphatic heterocycles. The molecular formula is C23H29N3O5S. The summed E-state index contributed by atoms with van der Waals surface area (Å²) in [5.74, 6) is -0.328. The molecular weight excluding hydrogens is 430 g/mol. The standard InChI is InChI=1S/C23H29N3O5S/c24-22(27)17-31-20-7-5-6-19(16-20)25-23(28)13-10-18-8-11-21(12-9-18)32(29,30)26-14-3-1-2-4-15-26/h5-9,11-12,16H,1-4,10,13-15,17H2,(H2,24,27)(H,25,28). The zero-order valence-electron chi connectivity index (χ0n) is 18.0. The van der Waals surface area contributed by atoms with Crippen molar-refractivity contribution in [2.45, 2.75) is 43.4 Å². The van der Waals surface area contributed by atoms with Crippen molar-refractivity contribution in [2.24, 2.45) is 5.73 Å². The number of carbonyl (C=O) groups excluding carboxylic acids is 2. The second-order valence-corrected chi connectivity index (χ2v) is 9.73. The van der Waals surface area contributed by atoms with Gasteiger partial charge in [-0.1, -0.05) is 31.0 Å². The molecule has 1 heterocycles. The third-order valence-corrected chi connectivity index (χ3v) is 7.18. The average Bonchev–Trinajstić information content (AvgIpc) is 3.07. The van der Waals surface area contributed by atoms with Crippen LogP contribution in [-0.4, -0.2) is 44.2 Å². The molecule has 1 fully saturated rings. The highest BCUT2D eigenvalue weighted by molar-refractivity contribution is 7.89. The van der Waals surface area contributed by atoms with Gasteiger partial charge in [0.05, 0.1) is 4.90 Å². The molecule has 0 unspecified atom stereocenters. The fourth-order valence-electron chi connectivity index (χ4n) is 3.56. The molecule has 0 radical (unpaired) electrons. The van der Waals surface area contributed by atoms with Crippen LogP contribution < -0.4 is 15.8 Å². The number of nitrogens with one attached hydrogen (secondary N) is 1. The van der Waals surface area contributed by atoms with E-state index in [1.54, 1.807) is 52.8 Å². The second kappa shape index (κ2) is 11.1. The van der Waals surface area contributed by atoms with Gasteiger partial charge in [-0.2, -0.15) is 4.31 Å². The zero-order chi connectivity index (χ0) is 23.0. The lowest BCUT2D eigenvalue weighted by atomic mass is 10.1. The van der Waals surface area contributed by atoms with E-state index in [-0.39, 0.29) is 18.9 Å². The van der Waals surface area contributed by atoms with Gasteiger partial charge in [-0.15, -0.1) is 0 Å². The summed E-state index contributed by atoms with van der Waals surface area (Å²) in [6.07, 6.45) is 4.65. The van der Waals surface area contributed by atoms with E-state index in [4.69, 9.17) is 10.5 Å². The SMILES string of the molecule is NC(=O)COc1cccc(NC(=O)CCc2ccc(S(=O)(=O)N3CCCCCC3)cc2)c1. The van der Waals surface area contributed by atoms with Crippen molar-refractivity contribution in [3.05, 3.63) is 54.1 Å². The van der Waals surface area contributed by atoms with Gasteiger partial charge in [-0.3, -0.25) is 9.59 Å². The Kier molecular flexibility index (Phi) is 8.24. The van der Waals surface area contributed by atoms with E-state index < -0.39 is 15.9 Å². The maximum Gasteiger partial charge on any atom is 0.255 e. The van der Waals surface area contributed by atoms with E-state index in [2.05, 4.69) is 5.32 Å². The summed E-state index contributed by atoms with van der Waals surface area (Å²) in [6.45, 7) is 0.902. The quantitative estimate of drug-likeness (QED) is 0.598. The Morgan fingerprint density at radius 2 is 1.69 bits per heavy atom. The van der Waals surface area contributed by atoms with Crippen LogP contribution in [0, 0.1) is 0 Å². The summed E-state index contributed by atoms with van der Waals surface area (Å²) in [5, 5.41) is 2.79. The van der Waals surface area contributed by atoms with Crippen molar-refractivity contribution < 1.29 is 22.7 Å². The number of sulfonamides is 1. The molecule has 0 spiro atoms. The van der Waals surface area contributed by atoms with Crippen LogP contribution in [0.1, 0.15) is 37.7 Å². The third kappa shape index (κ3) is 6.80. The first-order chi connectivity index (χ1) is 15.3. The van der Waals surface area contributed by atoms with Gasteiger partial charge in [0.15, 0.2) is 6.61 Å². The monoisotopic (exact) mass is 459 g/mol. The first kappa shape index (κ1) is 23.7. The molecule has 0 atom stereocenters. The maximum atomic E-state index is 12.9. The van der Waals surface area contributed by atoms with Crippen molar-refractivity contribution >= 4 is 27.5 Å². The van der Waals surface area contributed by atoms with E-state index in [9.17, 15) is 18.0 Å². The molecule has 3 rings (SSSR count). The van der Waals surface area contributed by atoms with Crippen LogP contribution >= 0.6 is 0 Å². The lowest BCUT2D eigenvalue weighted by molar-refractivity contribution is -0.120. The van der Waals surface area contributed by atoms with Crippen LogP contribution in [0.4, 0.5) is 5.69 Å². The summed E-state index contributed by atoms with van der Waals surface area (Å²) in [5.41, 5.74) is 6.50. The Bertz CT molecular complexity index is 1030. The minimum absolute atomic E-state index is 0.182. The number of carbonyl (C=O) groups is 2. The predicted molar refractivity (Wildman–Crippen MR) is 122 cm³/mol. The highest BCUT2D eigenvalue weighted by Crippen LogP contribution is 2.21. The van der Waals surface area contributed by atoms with Crippen molar-refractivity contribution in [3.63, 3.8) is 0 Å². The lowest BCUT2D eigenvalue weighted by Crippen LogP contribution is -2.31. The second-order valence-electron chi connectivity index (χ2n) is 7.79. The maximum absolute atomic E-state index is 12.9. The highest BCUT2D eigenvalue weighted by atomic mass is 32.2. The number of anilines is 1. The van der Waals surface area contributed by atoms with Crippen LogP contribution in [-0.2, 0) is 26.0 Å². The number of primary amides is 1. The zero-order valence-corrected chi connectivity index (χ0v) is 18.8. The Balaban J connectivity index is 1.53. The van der Waals surface area contributed by atoms with Crippen molar-refractivity contribution in [1.29, 1.82) is 0 Å². The van der Waals surface area contributed by atoms with Crippen LogP contribution in [0.5, 0.6) is 5.75 Å². The fraction of sp³-hybridized carbons (Fsp3) is 0.391. The number of rotatable bonds is 9. The van der Waals surface area contributed by atoms with Gasteiger partial charge in [0, 0.05) is 31.3 Å². The van der Waals surface area contributed by atoms with Gasteiger partial charge in [-0.05, 0) is 49.1 Å². The molecule has 9 heteroatoms. The molecule has 0 saturated carbocycles. The number of nitrogens with zero attached hydrogens (tertiary/aromatic N) is 1. The number of ether oxygens (including phenoxy) is 1. The number of amides is 2. The molecule has 3 N–H and O–H groups in total. The van der Waals surface area contributed by atoms with Crippen molar-refractivity contribution in [3.8, 4) is 5.75 Å². The number of hydrogen-bond acceptors (Lipinski definition) is 5. The minimum atomic E-state index is -3.48. The number of nitrogens with two attached hydrogens (primary N) is 1. The van der Waals surface area contributed by atoms with E-state index in [0.717, 1.165) is 31.2 Å². The number of hydrogen-bond donors (Lipinski definition) is 2. The first-order valence-electron chi connectivity index (χ1n) is 10.7. The molecule has 2 amide bonds. The van der Waals surface area contributed by atoms with Gasteiger partial charge < -0.3 is 15.8 Å². The molecule has 0 aromatic heterocycles. The minimum Gasteiger partial charge on any atom is -0.484 e. The van der Waals surface area contributed by atoms with Gasteiger partial charge in [0.1, 0.15) is 5.75 Å². The van der Waals surface area contributed by atoms with Crippen LogP contribution in [0.15, 0.2) is 53.4 Å². The predicted octanol–water partition coefficient (Wildman–Crippen LogP) is 2.69. The number of aryl methyl sites for hydroxylation is 1. The van der Waals surface area contributed by atoms with Crippen LogP contribution in [0.3, 0.4) is 0 Å². The summed E-state index contributed by atoms with van der Waals surface area (Å²) < 4.78 is 32.5. The van der Waals surface area contributed by atoms with E-state index in [1.807, 2.05) is 0 Å². The average molecular weight is 460 g/mol. The van der Waals surface area contributed by atoms with Gasteiger partial charge in [-0.25, -0.2) is 8.42 Å². The van der Waals surface area contributed by atoms with Gasteiger partial charge in [0.25, 0.3) is 5.91 Å². The summed E-state index contributed by atoms with van der Waals surface area (Å²) >= 11 is 0. The van der Waals surface area contributed by atoms with Gasteiger partial charge >= 0.3 is 0 Å². The Morgan fingerprint density at radius 1 is 1.00 bits per heavy atom. The Labute approximate surface area is 188 Å². The lowest BCUT2D eigenvalue weighted by Gasteiger charge is -2.20. The molecule has 0 aliphatic carbocycles. The van der Waals surface area contributed by atoms with E-state index in [1.165, 1.54) is 0 Å². The molecule has 2 aromatic rings. The van der Waals surface area contributed by atoms with Gasteiger partial charge in [0.2, 0.25) is 15.9 Å². The molecule has 1 aliphatic rings. The molecule has 2 aromatic carbocycles. The fourth-order valence-corrected chi connectivity index (χ4v) is 5.08. The summed E-state index contributed by atoms with van der Waals surface area (Å²) in [7, 11) is -3.48. The Morgan fingerprint density at radius 3 is 2.34 bits per heavy atom. The van der Waals surface area contributed by atoms with Crippen LogP contribution in [0.25, 0.3) is 0 Å². The Hall–Kier alpha value is -2.91. The van der Waals surface area contributed by atoms with Crippen LogP contribution in [0.2, 0.25) is 0 Å². The molecule has 172 valence electrons. The third-order valence-electron chi connectivity index (χ3n) is 5.27. The summed E-state index contributed by atoms with van der Waals surface area (Å²) in [4.78, 5) is 23.4. The van der Waals surface area contributed by atoms with Crippen molar-refractivity contribution in [2.75, 3.05) is 25.0 Å². The smallest absolute Gasteiger partial charge is 0.255 e. The van der Waals surface area contributed by atoms with E-state index >= 15 is 0 Å². The normalized spacial score (nSPS) is 15.0. The summed E-state index contributed by atoms with van der Waals surface area (Å²) in [6, 6.07) is 13.5. The number of benzene rings is 2. The molecule has 0 bridgehead atoms. The molecule has 1 saturated heterocycles. The highest BCUT2D eigenvalue weighted by Gasteiger charge is 2.24. The first-order valence-corrected chi connectivity index (χ1v) is 12.2. The largest absolute Gasteiger partial charge is 0.484 e. The molecule has 32 heavy (non-hydrogen) atoms. The topological polar surface area (TPSA) is 119 Å². The molecule has 8 nitrogen and oxygen atoms in total. The van der Waals surface area contributed by atoms with E-state index in [0.29, 0.717) is 35.8 Å². The van der Waals surface area contributed by atoms with Crippen molar-refractivity contribution in [1.82, 2.24) is 4.31 Å².